The Morgan fingerprint density at radius 3 is 2.89 bits per heavy atom. The summed E-state index contributed by atoms with van der Waals surface area (Å²) in [6.07, 6.45) is 5.16. The number of carbonyl (C=O) groups is 1. The molecule has 4 rings (SSSR count). The van der Waals surface area contributed by atoms with E-state index in [1.807, 2.05) is 4.90 Å². The number of nitrogens with zero attached hydrogens (tertiary/aromatic N) is 4. The maximum Gasteiger partial charge on any atom is 0.257 e. The number of fused-ring (bicyclic) bond motifs is 1. The summed E-state index contributed by atoms with van der Waals surface area (Å²) in [7, 11) is 3.14. The second kappa shape index (κ2) is 7.22. The van der Waals surface area contributed by atoms with Crippen molar-refractivity contribution in [3.63, 3.8) is 0 Å². The summed E-state index contributed by atoms with van der Waals surface area (Å²) >= 11 is 0. The minimum atomic E-state index is -0.0645. The molecule has 1 fully saturated rings. The van der Waals surface area contributed by atoms with Gasteiger partial charge in [-0.1, -0.05) is 0 Å². The highest BCUT2D eigenvalue weighted by Crippen LogP contribution is 2.31. The zero-order chi connectivity index (χ0) is 18.8. The number of H-pyrrole nitrogens is 1. The van der Waals surface area contributed by atoms with Crippen LogP contribution in [-0.4, -0.2) is 58.3 Å². The van der Waals surface area contributed by atoms with Gasteiger partial charge in [0.2, 0.25) is 0 Å². The number of amides is 1. The van der Waals surface area contributed by atoms with Crippen molar-refractivity contribution in [1.82, 2.24) is 25.1 Å². The number of hydrogen-bond donors (Lipinski definition) is 1. The van der Waals surface area contributed by atoms with E-state index in [2.05, 4.69) is 20.2 Å². The second-order valence-electron chi connectivity index (χ2n) is 6.52. The average Bonchev–Trinajstić information content (AvgIpc) is 3.17. The van der Waals surface area contributed by atoms with Crippen molar-refractivity contribution < 1.29 is 14.3 Å². The molecule has 140 valence electrons. The van der Waals surface area contributed by atoms with E-state index in [9.17, 15) is 4.79 Å². The highest BCUT2D eigenvalue weighted by Gasteiger charge is 2.29. The number of nitrogens with one attached hydrogen (secondary N) is 1. The predicted molar refractivity (Wildman–Crippen MR) is 99.1 cm³/mol. The first-order chi connectivity index (χ1) is 13.2. The molecular formula is C19H21N5O3. The molecule has 0 saturated carbocycles. The van der Waals surface area contributed by atoms with Crippen LogP contribution in [0.4, 0.5) is 0 Å². The van der Waals surface area contributed by atoms with Gasteiger partial charge in [-0.2, -0.15) is 5.10 Å². The van der Waals surface area contributed by atoms with Crippen molar-refractivity contribution in [2.24, 2.45) is 0 Å². The number of aromatic nitrogens is 4. The smallest absolute Gasteiger partial charge is 0.257 e. The number of likely N-dealkylation sites (tertiary alicyclic amines) is 1. The Hall–Kier alpha value is -3.16. The Balaban J connectivity index is 1.61. The molecule has 0 radical (unpaired) electrons. The Morgan fingerprint density at radius 2 is 2.07 bits per heavy atom. The first-order valence-electron chi connectivity index (χ1n) is 8.87. The van der Waals surface area contributed by atoms with Crippen LogP contribution in [0.15, 0.2) is 30.6 Å². The summed E-state index contributed by atoms with van der Waals surface area (Å²) in [6, 6.07) is 5.26. The zero-order valence-electron chi connectivity index (χ0n) is 15.3. The summed E-state index contributed by atoms with van der Waals surface area (Å²) in [5.41, 5.74) is 2.82. The van der Waals surface area contributed by atoms with E-state index in [0.717, 1.165) is 24.1 Å². The normalized spacial score (nSPS) is 17.1. The Labute approximate surface area is 156 Å². The molecular weight excluding hydrogens is 346 g/mol. The molecule has 2 aromatic heterocycles. The number of ether oxygens (including phenoxy) is 2. The third kappa shape index (κ3) is 3.18. The first-order valence-corrected chi connectivity index (χ1v) is 8.87. The van der Waals surface area contributed by atoms with Crippen LogP contribution < -0.4 is 9.47 Å². The van der Waals surface area contributed by atoms with Gasteiger partial charge in [-0.05, 0) is 31.0 Å². The lowest BCUT2D eigenvalue weighted by Crippen LogP contribution is -2.39. The van der Waals surface area contributed by atoms with Crippen LogP contribution in [0.3, 0.4) is 0 Å². The van der Waals surface area contributed by atoms with Gasteiger partial charge in [0.25, 0.3) is 5.91 Å². The lowest BCUT2D eigenvalue weighted by atomic mass is 9.93. The summed E-state index contributed by atoms with van der Waals surface area (Å²) in [5.74, 6) is 1.25. The van der Waals surface area contributed by atoms with Gasteiger partial charge in [-0.3, -0.25) is 9.89 Å². The molecule has 8 nitrogen and oxygen atoms in total. The average molecular weight is 367 g/mol. The highest BCUT2D eigenvalue weighted by molar-refractivity contribution is 5.97. The first kappa shape index (κ1) is 17.3. The molecule has 3 heterocycles. The predicted octanol–water partition coefficient (Wildman–Crippen LogP) is 2.39. The molecule has 0 bridgehead atoms. The zero-order valence-corrected chi connectivity index (χ0v) is 15.3. The third-order valence-corrected chi connectivity index (χ3v) is 4.97. The number of carbonyl (C=O) groups excluding carboxylic acids is 1. The van der Waals surface area contributed by atoms with Gasteiger partial charge in [0.15, 0.2) is 5.65 Å². The molecule has 1 amide bonds. The standard InChI is InChI=1S/C19H21N5O3/c1-26-13-5-6-15(27-2)14(10-13)19(25)24-9-3-4-12(11-24)16-17-18(23-22-16)21-8-7-20-17/h5-8,10,12H,3-4,9,11H2,1-2H3,(H,21,22,23)/t12-/m1/s1. The van der Waals surface area contributed by atoms with Gasteiger partial charge in [0.1, 0.15) is 17.0 Å². The Morgan fingerprint density at radius 1 is 1.22 bits per heavy atom. The van der Waals surface area contributed by atoms with Gasteiger partial charge in [-0.15, -0.1) is 0 Å². The van der Waals surface area contributed by atoms with Crippen LogP contribution in [0, 0.1) is 0 Å². The molecule has 3 aromatic rings. The van der Waals surface area contributed by atoms with Crippen molar-refractivity contribution in [1.29, 1.82) is 0 Å². The molecule has 1 saturated heterocycles. The fourth-order valence-electron chi connectivity index (χ4n) is 3.60. The molecule has 0 spiro atoms. The van der Waals surface area contributed by atoms with Crippen LogP contribution in [0.25, 0.3) is 11.2 Å². The van der Waals surface area contributed by atoms with E-state index in [1.165, 1.54) is 0 Å². The summed E-state index contributed by atoms with van der Waals surface area (Å²) < 4.78 is 10.6. The number of rotatable bonds is 4. The quantitative estimate of drug-likeness (QED) is 0.761. The minimum absolute atomic E-state index is 0.0645. The van der Waals surface area contributed by atoms with Gasteiger partial charge in [-0.25, -0.2) is 9.97 Å². The van der Waals surface area contributed by atoms with Crippen molar-refractivity contribution >= 4 is 17.1 Å². The fraction of sp³-hybridized carbons (Fsp3) is 0.368. The second-order valence-corrected chi connectivity index (χ2v) is 6.52. The maximum atomic E-state index is 13.2. The monoisotopic (exact) mass is 367 g/mol. The van der Waals surface area contributed by atoms with E-state index in [-0.39, 0.29) is 11.8 Å². The molecule has 1 atom stereocenters. The maximum absolute atomic E-state index is 13.2. The van der Waals surface area contributed by atoms with Crippen molar-refractivity contribution in [3.8, 4) is 11.5 Å². The van der Waals surface area contributed by atoms with Crippen molar-refractivity contribution in [3.05, 3.63) is 41.9 Å². The van der Waals surface area contributed by atoms with Gasteiger partial charge < -0.3 is 14.4 Å². The largest absolute Gasteiger partial charge is 0.497 e. The fourth-order valence-corrected chi connectivity index (χ4v) is 3.60. The van der Waals surface area contributed by atoms with Crippen LogP contribution >= 0.6 is 0 Å². The molecule has 8 heteroatoms. The summed E-state index contributed by atoms with van der Waals surface area (Å²) in [6.45, 7) is 1.29. The minimum Gasteiger partial charge on any atom is -0.497 e. The number of methoxy groups -OCH3 is 2. The molecule has 0 aliphatic carbocycles. The van der Waals surface area contributed by atoms with E-state index >= 15 is 0 Å². The van der Waals surface area contributed by atoms with Gasteiger partial charge in [0, 0.05) is 31.4 Å². The third-order valence-electron chi connectivity index (χ3n) is 4.97. The van der Waals surface area contributed by atoms with Crippen LogP contribution in [0.5, 0.6) is 11.5 Å². The van der Waals surface area contributed by atoms with Gasteiger partial charge >= 0.3 is 0 Å². The van der Waals surface area contributed by atoms with Crippen molar-refractivity contribution in [2.45, 2.75) is 18.8 Å². The summed E-state index contributed by atoms with van der Waals surface area (Å²) in [5, 5.41) is 7.30. The SMILES string of the molecule is COc1ccc(OC)c(C(=O)N2CCC[C@@H](c3[nH]nc4nccnc34)C2)c1. The van der Waals surface area contributed by atoms with E-state index in [1.54, 1.807) is 44.8 Å². The van der Waals surface area contributed by atoms with E-state index < -0.39 is 0 Å². The van der Waals surface area contributed by atoms with E-state index in [0.29, 0.717) is 35.8 Å². The number of piperidine rings is 1. The molecule has 1 aliphatic heterocycles. The van der Waals surface area contributed by atoms with Crippen LogP contribution in [-0.2, 0) is 0 Å². The highest BCUT2D eigenvalue weighted by atomic mass is 16.5. The lowest BCUT2D eigenvalue weighted by Gasteiger charge is -2.32. The van der Waals surface area contributed by atoms with E-state index in [4.69, 9.17) is 9.47 Å². The molecule has 1 aromatic carbocycles. The number of benzene rings is 1. The lowest BCUT2D eigenvalue weighted by molar-refractivity contribution is 0.0702. The number of hydrogen-bond acceptors (Lipinski definition) is 6. The Bertz CT molecular complexity index is 971. The van der Waals surface area contributed by atoms with Crippen LogP contribution in [0.1, 0.15) is 34.8 Å². The van der Waals surface area contributed by atoms with Crippen molar-refractivity contribution in [2.75, 3.05) is 27.3 Å². The van der Waals surface area contributed by atoms with Gasteiger partial charge in [0.05, 0.1) is 25.5 Å². The topological polar surface area (TPSA) is 93.2 Å². The Kier molecular flexibility index (Phi) is 4.62. The van der Waals surface area contributed by atoms with Crippen LogP contribution in [0.2, 0.25) is 0 Å². The molecule has 1 N–H and O–H groups in total. The molecule has 1 aliphatic rings. The molecule has 0 unspecified atom stereocenters. The summed E-state index contributed by atoms with van der Waals surface area (Å²) in [4.78, 5) is 23.6. The number of aromatic amines is 1. The molecule has 27 heavy (non-hydrogen) atoms.